The number of rotatable bonds is 8. The van der Waals surface area contributed by atoms with Gasteiger partial charge in [-0.15, -0.1) is 0 Å². The van der Waals surface area contributed by atoms with Crippen molar-refractivity contribution in [3.63, 3.8) is 0 Å². The Morgan fingerprint density at radius 1 is 1.13 bits per heavy atom. The molecule has 0 radical (unpaired) electrons. The minimum absolute atomic E-state index is 0.000632. The lowest BCUT2D eigenvalue weighted by atomic mass is 10.1. The molecule has 0 N–H and O–H groups in total. The lowest BCUT2D eigenvalue weighted by Gasteiger charge is -2.29. The molecule has 1 aliphatic heterocycles. The molecular formula is C24H25N3O4. The number of aryl methyl sites for hydroxylation is 1. The molecule has 2 aromatic carbocycles. The highest BCUT2D eigenvalue weighted by atomic mass is 16.5. The molecule has 0 bridgehead atoms. The molecule has 0 atom stereocenters. The molecule has 0 unspecified atom stereocenters. The van der Waals surface area contributed by atoms with Gasteiger partial charge < -0.3 is 19.1 Å². The summed E-state index contributed by atoms with van der Waals surface area (Å²) >= 11 is 0. The number of para-hydroxylation sites is 2. The van der Waals surface area contributed by atoms with Crippen molar-refractivity contribution in [1.29, 1.82) is 0 Å². The zero-order valence-corrected chi connectivity index (χ0v) is 17.5. The Morgan fingerprint density at radius 3 is 2.74 bits per heavy atom. The number of carbonyl (C=O) groups excluding carboxylic acids is 2. The first-order valence-electron chi connectivity index (χ1n) is 10.4. The van der Waals surface area contributed by atoms with E-state index in [0.717, 1.165) is 23.4 Å². The van der Waals surface area contributed by atoms with Crippen LogP contribution >= 0.6 is 0 Å². The summed E-state index contributed by atoms with van der Waals surface area (Å²) in [6, 6.07) is 19.2. The molecule has 0 saturated heterocycles. The molecule has 1 aliphatic rings. The number of anilines is 1. The van der Waals surface area contributed by atoms with Crippen LogP contribution in [0, 0.1) is 0 Å². The van der Waals surface area contributed by atoms with Crippen molar-refractivity contribution in [2.45, 2.75) is 19.3 Å². The summed E-state index contributed by atoms with van der Waals surface area (Å²) < 4.78 is 10.9. The van der Waals surface area contributed by atoms with Crippen molar-refractivity contribution in [2.24, 2.45) is 0 Å². The summed E-state index contributed by atoms with van der Waals surface area (Å²) in [6.45, 7) is 0.946. The number of aromatic nitrogens is 1. The van der Waals surface area contributed by atoms with Crippen molar-refractivity contribution in [1.82, 2.24) is 10.1 Å². The normalized spacial score (nSPS) is 12.9. The van der Waals surface area contributed by atoms with Crippen LogP contribution in [0.25, 0.3) is 11.3 Å². The van der Waals surface area contributed by atoms with Gasteiger partial charge in [0.2, 0.25) is 5.91 Å². The third kappa shape index (κ3) is 4.94. The summed E-state index contributed by atoms with van der Waals surface area (Å²) in [5.41, 5.74) is 2.55. The van der Waals surface area contributed by atoms with E-state index in [0.29, 0.717) is 30.9 Å². The van der Waals surface area contributed by atoms with Gasteiger partial charge in [-0.1, -0.05) is 47.6 Å². The predicted octanol–water partition coefficient (Wildman–Crippen LogP) is 3.55. The molecule has 2 amide bonds. The van der Waals surface area contributed by atoms with Crippen LogP contribution in [-0.4, -0.2) is 48.6 Å². The number of carbonyl (C=O) groups is 2. The molecule has 31 heavy (non-hydrogen) atoms. The molecule has 1 aromatic heterocycles. The van der Waals surface area contributed by atoms with Crippen molar-refractivity contribution >= 4 is 17.5 Å². The quantitative estimate of drug-likeness (QED) is 0.558. The molecular weight excluding hydrogens is 394 g/mol. The molecule has 3 aromatic rings. The third-order valence-electron chi connectivity index (χ3n) is 5.33. The van der Waals surface area contributed by atoms with Gasteiger partial charge >= 0.3 is 0 Å². The van der Waals surface area contributed by atoms with Crippen molar-refractivity contribution in [3.05, 3.63) is 66.4 Å². The van der Waals surface area contributed by atoms with Gasteiger partial charge in [0.15, 0.2) is 6.61 Å². The second-order valence-electron chi connectivity index (χ2n) is 7.52. The van der Waals surface area contributed by atoms with Crippen molar-refractivity contribution < 1.29 is 18.8 Å². The van der Waals surface area contributed by atoms with Gasteiger partial charge in [0.05, 0.1) is 5.69 Å². The van der Waals surface area contributed by atoms with E-state index in [-0.39, 0.29) is 24.8 Å². The fourth-order valence-electron chi connectivity index (χ4n) is 3.59. The van der Waals surface area contributed by atoms with Crippen LogP contribution < -0.4 is 9.64 Å². The smallest absolute Gasteiger partial charge is 0.265 e. The Balaban J connectivity index is 1.24. The van der Waals surface area contributed by atoms with Gasteiger partial charge in [0, 0.05) is 44.6 Å². The molecule has 4 rings (SSSR count). The highest BCUT2D eigenvalue weighted by Crippen LogP contribution is 2.31. The molecule has 0 aliphatic carbocycles. The van der Waals surface area contributed by atoms with Crippen LogP contribution in [0.4, 0.5) is 5.69 Å². The first kappa shape index (κ1) is 20.7. The second kappa shape index (κ2) is 9.47. The average Bonchev–Trinajstić information content (AvgIpc) is 3.27. The lowest BCUT2D eigenvalue weighted by Crippen LogP contribution is -2.41. The number of hydrogen-bond donors (Lipinski definition) is 0. The molecule has 2 heterocycles. The van der Waals surface area contributed by atoms with Crippen molar-refractivity contribution in [2.75, 3.05) is 31.6 Å². The van der Waals surface area contributed by atoms with Gasteiger partial charge in [-0.05, 0) is 18.6 Å². The van der Waals surface area contributed by atoms with Gasteiger partial charge in [-0.3, -0.25) is 9.59 Å². The first-order chi connectivity index (χ1) is 15.1. The summed E-state index contributed by atoms with van der Waals surface area (Å²) in [7, 11) is 1.78. The van der Waals surface area contributed by atoms with Crippen LogP contribution in [0.2, 0.25) is 0 Å². The number of fused-ring (bicyclic) bond motifs is 1. The average molecular weight is 419 g/mol. The Morgan fingerprint density at radius 2 is 1.90 bits per heavy atom. The Labute approximate surface area is 181 Å². The van der Waals surface area contributed by atoms with E-state index in [9.17, 15) is 9.59 Å². The highest BCUT2D eigenvalue weighted by Gasteiger charge is 2.25. The molecule has 0 fully saturated rings. The third-order valence-corrected chi connectivity index (χ3v) is 5.33. The van der Waals surface area contributed by atoms with Gasteiger partial charge in [-0.25, -0.2) is 0 Å². The summed E-state index contributed by atoms with van der Waals surface area (Å²) in [5.74, 6) is 1.34. The van der Waals surface area contributed by atoms with Crippen LogP contribution in [0.3, 0.4) is 0 Å². The Kier molecular flexibility index (Phi) is 6.31. The first-order valence-corrected chi connectivity index (χ1v) is 10.4. The van der Waals surface area contributed by atoms with Gasteiger partial charge in [-0.2, -0.15) is 0 Å². The maximum absolute atomic E-state index is 12.6. The fraction of sp³-hybridized carbons (Fsp3) is 0.292. The van der Waals surface area contributed by atoms with Crippen LogP contribution in [-0.2, 0) is 16.0 Å². The molecule has 0 saturated carbocycles. The highest BCUT2D eigenvalue weighted by molar-refractivity contribution is 5.98. The molecule has 7 nitrogen and oxygen atoms in total. The zero-order valence-electron chi connectivity index (χ0n) is 17.5. The monoisotopic (exact) mass is 419 g/mol. The topological polar surface area (TPSA) is 75.9 Å². The second-order valence-corrected chi connectivity index (χ2v) is 7.52. The zero-order chi connectivity index (χ0) is 21.6. The van der Waals surface area contributed by atoms with Gasteiger partial charge in [0.1, 0.15) is 17.2 Å². The van der Waals surface area contributed by atoms with E-state index >= 15 is 0 Å². The number of nitrogens with zero attached hydrogens (tertiary/aromatic N) is 3. The largest absolute Gasteiger partial charge is 0.482 e. The minimum Gasteiger partial charge on any atom is -0.482 e. The maximum Gasteiger partial charge on any atom is 0.265 e. The summed E-state index contributed by atoms with van der Waals surface area (Å²) in [6.07, 6.45) is 1.73. The standard InChI is InChI=1S/C24H25N3O4/c1-26(14-7-10-19-16-20(25-31-19)18-8-3-2-4-9-18)23(28)13-15-27-21-11-5-6-12-22(21)30-17-24(27)29/h2-6,8-9,11-12,16H,7,10,13-15,17H2,1H3. The maximum atomic E-state index is 12.6. The Hall–Kier alpha value is -3.61. The molecule has 160 valence electrons. The van der Waals surface area contributed by atoms with Crippen LogP contribution in [0.15, 0.2) is 65.2 Å². The van der Waals surface area contributed by atoms with Crippen LogP contribution in [0.1, 0.15) is 18.6 Å². The van der Waals surface area contributed by atoms with Crippen molar-refractivity contribution in [3.8, 4) is 17.0 Å². The number of hydrogen-bond acceptors (Lipinski definition) is 5. The molecule has 0 spiro atoms. The Bertz CT molecular complexity index is 1050. The fourth-order valence-corrected chi connectivity index (χ4v) is 3.59. The van der Waals surface area contributed by atoms with E-state index in [2.05, 4.69) is 5.16 Å². The minimum atomic E-state index is -0.131. The lowest BCUT2D eigenvalue weighted by molar-refractivity contribution is -0.129. The SMILES string of the molecule is CN(CCCc1cc(-c2ccccc2)no1)C(=O)CCN1C(=O)COc2ccccc21. The number of benzene rings is 2. The van der Waals surface area contributed by atoms with Gasteiger partial charge in [0.25, 0.3) is 5.91 Å². The number of amides is 2. The molecule has 7 heteroatoms. The van der Waals surface area contributed by atoms with E-state index < -0.39 is 0 Å². The number of ether oxygens (including phenoxy) is 1. The van der Waals surface area contributed by atoms with E-state index in [1.165, 1.54) is 0 Å². The summed E-state index contributed by atoms with van der Waals surface area (Å²) in [4.78, 5) is 28.1. The predicted molar refractivity (Wildman–Crippen MR) is 117 cm³/mol. The van der Waals surface area contributed by atoms with E-state index in [1.807, 2.05) is 60.7 Å². The summed E-state index contributed by atoms with van der Waals surface area (Å²) in [5, 5.41) is 4.12. The van der Waals surface area contributed by atoms with E-state index in [4.69, 9.17) is 9.26 Å². The van der Waals surface area contributed by atoms with Crippen LogP contribution in [0.5, 0.6) is 5.75 Å². The van der Waals surface area contributed by atoms with E-state index in [1.54, 1.807) is 16.8 Å².